The molecule has 9 heteroatoms. The second-order valence-electron chi connectivity index (χ2n) is 6.73. The van der Waals surface area contributed by atoms with E-state index >= 15 is 0 Å². The molecule has 0 aliphatic heterocycles. The van der Waals surface area contributed by atoms with Gasteiger partial charge in [0.15, 0.2) is 11.6 Å². The molecule has 0 spiro atoms. The fourth-order valence-corrected chi connectivity index (χ4v) is 3.48. The first-order chi connectivity index (χ1) is 14.4. The number of H-pyrrole nitrogens is 1. The summed E-state index contributed by atoms with van der Waals surface area (Å²) < 4.78 is 27.2. The number of rotatable bonds is 5. The summed E-state index contributed by atoms with van der Waals surface area (Å²) in [5.74, 6) is -1.11. The molecule has 4 aromatic rings. The number of anilines is 1. The number of aromatic amines is 1. The molecule has 0 aliphatic rings. The fourth-order valence-electron chi connectivity index (χ4n) is 3.03. The Balaban J connectivity index is 1.47. The number of aromatic nitrogens is 3. The molecule has 0 aliphatic carbocycles. The van der Waals surface area contributed by atoms with Crippen molar-refractivity contribution in [3.8, 4) is 11.4 Å². The Morgan fingerprint density at radius 2 is 1.90 bits per heavy atom. The van der Waals surface area contributed by atoms with Gasteiger partial charge in [-0.25, -0.2) is 18.7 Å². The molecule has 2 aromatic carbocycles. The van der Waals surface area contributed by atoms with Crippen LogP contribution >= 0.6 is 22.6 Å². The van der Waals surface area contributed by atoms with Crippen LogP contribution in [-0.2, 0) is 17.8 Å². The number of imidazole rings is 1. The highest BCUT2D eigenvalue weighted by Crippen LogP contribution is 2.26. The molecule has 2 heterocycles. The molecular weight excluding hydrogens is 503 g/mol. The molecule has 4 rings (SSSR count). The molecule has 6 nitrogen and oxygen atoms in total. The van der Waals surface area contributed by atoms with Gasteiger partial charge in [0.05, 0.1) is 23.0 Å². The van der Waals surface area contributed by atoms with Crippen molar-refractivity contribution in [3.05, 3.63) is 75.0 Å². The van der Waals surface area contributed by atoms with Crippen LogP contribution in [0.15, 0.2) is 48.7 Å². The SMILES string of the molecule is Nc1ncc(I)cc1-c1nc2cc(CC(=O)NCc3ccc(F)c(F)c3)ccc2[nH]1. The molecule has 0 fully saturated rings. The minimum absolute atomic E-state index is 0.115. The lowest BCUT2D eigenvalue weighted by Gasteiger charge is -2.06. The Labute approximate surface area is 184 Å². The number of halogens is 3. The number of nitrogens with zero attached hydrogens (tertiary/aromatic N) is 2. The normalized spacial score (nSPS) is 11.0. The van der Waals surface area contributed by atoms with Crippen molar-refractivity contribution in [3.63, 3.8) is 0 Å². The molecule has 152 valence electrons. The Morgan fingerprint density at radius 3 is 2.70 bits per heavy atom. The number of amides is 1. The van der Waals surface area contributed by atoms with E-state index in [4.69, 9.17) is 5.73 Å². The van der Waals surface area contributed by atoms with Crippen LogP contribution in [0, 0.1) is 15.2 Å². The second-order valence-corrected chi connectivity index (χ2v) is 7.97. The van der Waals surface area contributed by atoms with Gasteiger partial charge in [-0.05, 0) is 64.0 Å². The number of fused-ring (bicyclic) bond motifs is 1. The maximum atomic E-state index is 13.3. The van der Waals surface area contributed by atoms with E-state index in [0.29, 0.717) is 28.3 Å². The summed E-state index contributed by atoms with van der Waals surface area (Å²) in [6.45, 7) is 0.115. The number of nitrogen functional groups attached to an aromatic ring is 1. The number of hydrogen-bond donors (Lipinski definition) is 3. The summed E-state index contributed by atoms with van der Waals surface area (Å²) in [7, 11) is 0. The van der Waals surface area contributed by atoms with Crippen LogP contribution in [0.3, 0.4) is 0 Å². The number of hydrogen-bond acceptors (Lipinski definition) is 4. The number of carbonyl (C=O) groups excluding carboxylic acids is 1. The van der Waals surface area contributed by atoms with Crippen molar-refractivity contribution in [2.45, 2.75) is 13.0 Å². The highest BCUT2D eigenvalue weighted by atomic mass is 127. The highest BCUT2D eigenvalue weighted by Gasteiger charge is 2.12. The van der Waals surface area contributed by atoms with E-state index in [0.717, 1.165) is 26.8 Å². The molecule has 0 bridgehead atoms. The van der Waals surface area contributed by atoms with Crippen LogP contribution in [0.4, 0.5) is 14.6 Å². The van der Waals surface area contributed by atoms with Crippen molar-refractivity contribution < 1.29 is 13.6 Å². The van der Waals surface area contributed by atoms with Crippen molar-refractivity contribution in [2.75, 3.05) is 5.73 Å². The molecule has 0 radical (unpaired) electrons. The Hall–Kier alpha value is -3.08. The van der Waals surface area contributed by atoms with Crippen LogP contribution in [0.5, 0.6) is 0 Å². The van der Waals surface area contributed by atoms with Gasteiger partial charge in [-0.1, -0.05) is 12.1 Å². The average Bonchev–Trinajstić information content (AvgIpc) is 3.14. The smallest absolute Gasteiger partial charge is 0.224 e. The zero-order valence-corrected chi connectivity index (χ0v) is 17.7. The van der Waals surface area contributed by atoms with Gasteiger partial charge in [-0.2, -0.15) is 0 Å². The van der Waals surface area contributed by atoms with Crippen LogP contribution in [0.1, 0.15) is 11.1 Å². The van der Waals surface area contributed by atoms with E-state index in [1.807, 2.05) is 24.3 Å². The first kappa shape index (κ1) is 20.2. The minimum Gasteiger partial charge on any atom is -0.383 e. The average molecular weight is 519 g/mol. The third-order valence-electron chi connectivity index (χ3n) is 4.53. The van der Waals surface area contributed by atoms with E-state index in [1.165, 1.54) is 6.07 Å². The van der Waals surface area contributed by atoms with Crippen LogP contribution in [0.2, 0.25) is 0 Å². The Bertz CT molecular complexity index is 1260. The summed E-state index contributed by atoms with van der Waals surface area (Å²) in [6, 6.07) is 10.9. The van der Waals surface area contributed by atoms with Crippen molar-refractivity contribution >= 4 is 45.3 Å². The lowest BCUT2D eigenvalue weighted by Crippen LogP contribution is -2.24. The standard InChI is InChI=1S/C21H16F2IN5O/c22-15-3-1-12(5-16(15)23)9-26-19(30)7-11-2-4-17-18(6-11)29-21(28-17)14-8-13(24)10-27-20(14)25/h1-6,8,10H,7,9H2,(H2,25,27)(H,26,30)(H,28,29). The lowest BCUT2D eigenvalue weighted by atomic mass is 10.1. The summed E-state index contributed by atoms with van der Waals surface area (Å²) in [6.07, 6.45) is 1.81. The first-order valence-corrected chi connectivity index (χ1v) is 10.1. The van der Waals surface area contributed by atoms with Crippen LogP contribution in [-0.4, -0.2) is 20.9 Å². The molecule has 2 aromatic heterocycles. The largest absolute Gasteiger partial charge is 0.383 e. The molecule has 30 heavy (non-hydrogen) atoms. The van der Waals surface area contributed by atoms with E-state index in [-0.39, 0.29) is 18.9 Å². The maximum Gasteiger partial charge on any atom is 0.224 e. The Morgan fingerprint density at radius 1 is 1.10 bits per heavy atom. The number of nitrogens with two attached hydrogens (primary N) is 1. The number of carbonyl (C=O) groups is 1. The Kier molecular flexibility index (Phi) is 5.62. The summed E-state index contributed by atoms with van der Waals surface area (Å²) in [4.78, 5) is 24.2. The van der Waals surface area contributed by atoms with Gasteiger partial charge in [0.25, 0.3) is 0 Å². The maximum absolute atomic E-state index is 13.3. The van der Waals surface area contributed by atoms with Gasteiger partial charge in [0.1, 0.15) is 11.6 Å². The van der Waals surface area contributed by atoms with E-state index < -0.39 is 11.6 Å². The van der Waals surface area contributed by atoms with E-state index in [2.05, 4.69) is 42.9 Å². The van der Waals surface area contributed by atoms with Crippen molar-refractivity contribution in [1.29, 1.82) is 0 Å². The summed E-state index contributed by atoms with van der Waals surface area (Å²) in [5, 5.41) is 2.71. The molecule has 1 amide bonds. The van der Waals surface area contributed by atoms with Gasteiger partial charge < -0.3 is 16.0 Å². The molecule has 0 saturated heterocycles. The third kappa shape index (κ3) is 4.40. The van der Waals surface area contributed by atoms with Gasteiger partial charge in [-0.3, -0.25) is 4.79 Å². The quantitative estimate of drug-likeness (QED) is 0.348. The predicted molar refractivity (Wildman–Crippen MR) is 118 cm³/mol. The monoisotopic (exact) mass is 519 g/mol. The third-order valence-corrected chi connectivity index (χ3v) is 5.12. The van der Waals surface area contributed by atoms with Gasteiger partial charge in [0.2, 0.25) is 5.91 Å². The van der Waals surface area contributed by atoms with E-state index in [9.17, 15) is 13.6 Å². The highest BCUT2D eigenvalue weighted by molar-refractivity contribution is 14.1. The first-order valence-electron chi connectivity index (χ1n) is 9.00. The van der Waals surface area contributed by atoms with Crippen molar-refractivity contribution in [2.24, 2.45) is 0 Å². The molecule has 0 atom stereocenters. The fraction of sp³-hybridized carbons (Fsp3) is 0.0952. The predicted octanol–water partition coefficient (Wildman–Crippen LogP) is 3.95. The zero-order chi connectivity index (χ0) is 21.3. The van der Waals surface area contributed by atoms with E-state index in [1.54, 1.807) is 6.20 Å². The number of nitrogens with one attached hydrogen (secondary N) is 2. The van der Waals surface area contributed by atoms with Gasteiger partial charge in [-0.15, -0.1) is 0 Å². The molecular formula is C21H16F2IN5O. The summed E-state index contributed by atoms with van der Waals surface area (Å²) in [5.41, 5.74) is 9.45. The molecule has 4 N–H and O–H groups in total. The van der Waals surface area contributed by atoms with Gasteiger partial charge >= 0.3 is 0 Å². The minimum atomic E-state index is -0.939. The number of benzene rings is 2. The topological polar surface area (TPSA) is 96.7 Å². The molecule has 0 saturated carbocycles. The zero-order valence-electron chi connectivity index (χ0n) is 15.5. The van der Waals surface area contributed by atoms with Crippen molar-refractivity contribution in [1.82, 2.24) is 20.3 Å². The number of pyridine rings is 1. The summed E-state index contributed by atoms with van der Waals surface area (Å²) >= 11 is 2.16. The van der Waals surface area contributed by atoms with Gasteiger partial charge in [0, 0.05) is 16.3 Å². The van der Waals surface area contributed by atoms with Crippen LogP contribution < -0.4 is 11.1 Å². The van der Waals surface area contributed by atoms with Crippen LogP contribution in [0.25, 0.3) is 22.4 Å². The lowest BCUT2D eigenvalue weighted by molar-refractivity contribution is -0.120. The second kappa shape index (κ2) is 8.34. The molecule has 0 unspecified atom stereocenters.